The van der Waals surface area contributed by atoms with E-state index in [1.54, 1.807) is 0 Å². The topological polar surface area (TPSA) is 78.9 Å². The molecule has 0 heterocycles. The van der Waals surface area contributed by atoms with E-state index in [4.69, 9.17) is 14.2 Å². The van der Waals surface area contributed by atoms with Crippen molar-refractivity contribution in [3.8, 4) is 0 Å². The number of esters is 3. The summed E-state index contributed by atoms with van der Waals surface area (Å²) >= 11 is 0. The summed E-state index contributed by atoms with van der Waals surface area (Å²) < 4.78 is 16.7. The van der Waals surface area contributed by atoms with Crippen LogP contribution in [-0.4, -0.2) is 37.2 Å². The summed E-state index contributed by atoms with van der Waals surface area (Å²) in [5, 5.41) is 0. The van der Waals surface area contributed by atoms with Gasteiger partial charge in [-0.15, -0.1) is 0 Å². The van der Waals surface area contributed by atoms with Gasteiger partial charge in [0.1, 0.15) is 13.2 Å². The van der Waals surface area contributed by atoms with E-state index in [0.29, 0.717) is 19.3 Å². The van der Waals surface area contributed by atoms with Crippen LogP contribution in [-0.2, 0) is 28.6 Å². The summed E-state index contributed by atoms with van der Waals surface area (Å²) in [6.45, 7) is 11.3. The number of unbranched alkanes of at least 4 members (excludes halogenated alkanes) is 22. The van der Waals surface area contributed by atoms with Gasteiger partial charge < -0.3 is 14.2 Å². The van der Waals surface area contributed by atoms with E-state index in [1.165, 1.54) is 128 Å². The van der Waals surface area contributed by atoms with Crippen molar-refractivity contribution in [1.29, 1.82) is 0 Å². The van der Waals surface area contributed by atoms with Crippen LogP contribution in [0.3, 0.4) is 0 Å². The van der Waals surface area contributed by atoms with E-state index in [-0.39, 0.29) is 31.1 Å². The van der Waals surface area contributed by atoms with Crippen molar-refractivity contribution in [1.82, 2.24) is 0 Å². The second-order valence-electron chi connectivity index (χ2n) is 15.8. The quantitative estimate of drug-likeness (QED) is 0.0357. The summed E-state index contributed by atoms with van der Waals surface area (Å²) in [5.41, 5.74) is 0. The summed E-state index contributed by atoms with van der Waals surface area (Å²) in [7, 11) is 0. The molecule has 0 saturated heterocycles. The first kappa shape index (κ1) is 49.4. The Morgan fingerprint density at radius 3 is 1.02 bits per heavy atom. The molecule has 0 saturated carbocycles. The first-order valence-electron chi connectivity index (χ1n) is 22.3. The van der Waals surface area contributed by atoms with Crippen molar-refractivity contribution in [3.05, 3.63) is 0 Å². The van der Waals surface area contributed by atoms with Gasteiger partial charge in [-0.3, -0.25) is 14.4 Å². The Morgan fingerprint density at radius 2 is 0.686 bits per heavy atom. The predicted molar refractivity (Wildman–Crippen MR) is 215 cm³/mol. The molecule has 0 radical (unpaired) electrons. The number of carbonyl (C=O) groups excluding carboxylic acids is 3. The number of hydrogen-bond acceptors (Lipinski definition) is 6. The minimum atomic E-state index is -0.761. The van der Waals surface area contributed by atoms with E-state index >= 15 is 0 Å². The van der Waals surface area contributed by atoms with E-state index in [0.717, 1.165) is 69.6 Å². The van der Waals surface area contributed by atoms with Crippen molar-refractivity contribution >= 4 is 17.9 Å². The summed E-state index contributed by atoms with van der Waals surface area (Å²) in [5.74, 6) is 0.794. The highest BCUT2D eigenvalue weighted by molar-refractivity contribution is 5.71. The van der Waals surface area contributed by atoms with Gasteiger partial charge in [-0.1, -0.05) is 202 Å². The Bertz CT molecular complexity index is 783. The van der Waals surface area contributed by atoms with Crippen LogP contribution in [0.2, 0.25) is 0 Å². The fourth-order valence-corrected chi connectivity index (χ4v) is 6.51. The molecule has 0 bridgehead atoms. The summed E-state index contributed by atoms with van der Waals surface area (Å²) in [6, 6.07) is 0. The molecule has 0 aliphatic rings. The molecule has 2 unspecified atom stereocenters. The number of carbonyl (C=O) groups is 3. The predicted octanol–water partition coefficient (Wildman–Crippen LogP) is 13.8. The lowest BCUT2D eigenvalue weighted by molar-refractivity contribution is -0.167. The van der Waals surface area contributed by atoms with Gasteiger partial charge in [0.25, 0.3) is 0 Å². The summed E-state index contributed by atoms with van der Waals surface area (Å²) in [6.07, 6.45) is 35.1. The molecular weight excluding hydrogens is 636 g/mol. The van der Waals surface area contributed by atoms with Gasteiger partial charge in [-0.05, 0) is 31.1 Å². The third-order valence-corrected chi connectivity index (χ3v) is 10.7. The Balaban J connectivity index is 4.36. The van der Waals surface area contributed by atoms with Crippen molar-refractivity contribution in [2.75, 3.05) is 13.2 Å². The van der Waals surface area contributed by atoms with Crippen LogP contribution in [0.5, 0.6) is 0 Å². The van der Waals surface area contributed by atoms with Gasteiger partial charge in [0.2, 0.25) is 0 Å². The second-order valence-corrected chi connectivity index (χ2v) is 15.8. The molecule has 0 aromatic carbocycles. The molecule has 6 heteroatoms. The minimum Gasteiger partial charge on any atom is -0.462 e. The van der Waals surface area contributed by atoms with Gasteiger partial charge >= 0.3 is 17.9 Å². The highest BCUT2D eigenvalue weighted by Gasteiger charge is 2.19. The van der Waals surface area contributed by atoms with Crippen molar-refractivity contribution in [3.63, 3.8) is 0 Å². The number of hydrogen-bond donors (Lipinski definition) is 0. The monoisotopic (exact) mass is 723 g/mol. The van der Waals surface area contributed by atoms with Crippen LogP contribution in [0.25, 0.3) is 0 Å². The maximum Gasteiger partial charge on any atom is 0.306 e. The Labute approximate surface area is 317 Å². The molecule has 0 aliphatic heterocycles. The normalized spacial score (nSPS) is 13.1. The van der Waals surface area contributed by atoms with E-state index in [9.17, 15) is 14.4 Å². The average Bonchev–Trinajstić information content (AvgIpc) is 3.13. The van der Waals surface area contributed by atoms with Crippen LogP contribution in [0.15, 0.2) is 0 Å². The van der Waals surface area contributed by atoms with Gasteiger partial charge in [0.15, 0.2) is 6.10 Å². The molecule has 0 aromatic heterocycles. The van der Waals surface area contributed by atoms with Crippen molar-refractivity contribution in [2.45, 2.75) is 246 Å². The zero-order valence-corrected chi connectivity index (χ0v) is 34.7. The van der Waals surface area contributed by atoms with Crippen LogP contribution < -0.4 is 0 Å². The Morgan fingerprint density at radius 1 is 0.392 bits per heavy atom. The largest absolute Gasteiger partial charge is 0.462 e. The third-order valence-electron chi connectivity index (χ3n) is 10.7. The molecule has 302 valence electrons. The first-order valence-corrected chi connectivity index (χ1v) is 22.3. The number of rotatable bonds is 39. The molecule has 0 N–H and O–H groups in total. The second kappa shape index (κ2) is 38.1. The molecule has 51 heavy (non-hydrogen) atoms. The maximum absolute atomic E-state index is 12.7. The maximum atomic E-state index is 12.7. The van der Waals surface area contributed by atoms with E-state index < -0.39 is 6.10 Å². The molecule has 0 aromatic rings. The molecule has 0 spiro atoms. The lowest BCUT2D eigenvalue weighted by atomic mass is 9.99. The van der Waals surface area contributed by atoms with Crippen molar-refractivity contribution < 1.29 is 28.6 Å². The molecule has 3 atom stereocenters. The Kier molecular flexibility index (Phi) is 37.0. The van der Waals surface area contributed by atoms with E-state index in [2.05, 4.69) is 34.6 Å². The zero-order chi connectivity index (χ0) is 37.6. The number of ether oxygens (including phenoxy) is 3. The lowest BCUT2D eigenvalue weighted by Gasteiger charge is -2.18. The first-order chi connectivity index (χ1) is 24.8. The fraction of sp³-hybridized carbons (Fsp3) is 0.933. The van der Waals surface area contributed by atoms with Gasteiger partial charge in [-0.25, -0.2) is 0 Å². The molecule has 6 nitrogen and oxygen atoms in total. The lowest BCUT2D eigenvalue weighted by Crippen LogP contribution is -2.30. The van der Waals surface area contributed by atoms with Crippen LogP contribution in [0, 0.1) is 11.8 Å². The van der Waals surface area contributed by atoms with Crippen molar-refractivity contribution in [2.24, 2.45) is 11.8 Å². The van der Waals surface area contributed by atoms with Crippen LogP contribution >= 0.6 is 0 Å². The third kappa shape index (κ3) is 36.6. The highest BCUT2D eigenvalue weighted by Crippen LogP contribution is 2.17. The standard InChI is InChI=1S/C45H86O6/c1-6-9-10-11-12-13-14-15-19-25-30-35-43(46)49-38-42(51-45(48)37-32-27-22-21-24-29-34-41(5)8-3)39-50-44(47)36-31-26-20-17-16-18-23-28-33-40(4)7-2/h40-42H,6-39H2,1-5H3/t40?,41?,42-/m1/s1. The highest BCUT2D eigenvalue weighted by atomic mass is 16.6. The van der Waals surface area contributed by atoms with Crippen LogP contribution in [0.4, 0.5) is 0 Å². The average molecular weight is 723 g/mol. The van der Waals surface area contributed by atoms with Gasteiger partial charge in [0.05, 0.1) is 0 Å². The molecule has 0 amide bonds. The Hall–Kier alpha value is -1.59. The van der Waals surface area contributed by atoms with Gasteiger partial charge in [0, 0.05) is 19.3 Å². The SMILES string of the molecule is CCCCCCCCCCCCCC(=O)OC[C@H](COC(=O)CCCCCCCCCCC(C)CC)OC(=O)CCCCCCCCC(C)CC. The minimum absolute atomic E-state index is 0.0660. The zero-order valence-electron chi connectivity index (χ0n) is 34.7. The van der Waals surface area contributed by atoms with Gasteiger partial charge in [-0.2, -0.15) is 0 Å². The molecular formula is C45H86O6. The summed E-state index contributed by atoms with van der Waals surface area (Å²) in [4.78, 5) is 37.6. The molecule has 0 aliphatic carbocycles. The smallest absolute Gasteiger partial charge is 0.306 e. The molecule has 0 rings (SSSR count). The molecule has 0 fully saturated rings. The fourth-order valence-electron chi connectivity index (χ4n) is 6.51. The van der Waals surface area contributed by atoms with E-state index in [1.807, 2.05) is 0 Å². The van der Waals surface area contributed by atoms with Crippen LogP contribution in [0.1, 0.15) is 240 Å².